The Morgan fingerprint density at radius 2 is 1.74 bits per heavy atom. The molecule has 8 heteroatoms. The minimum Gasteiger partial charge on any atom is -0.367 e. The number of hydrogen-bond donors (Lipinski definition) is 3. The Bertz CT molecular complexity index is 1770. The zero-order chi connectivity index (χ0) is 26.1. The summed E-state index contributed by atoms with van der Waals surface area (Å²) in [5.41, 5.74) is 6.31. The van der Waals surface area contributed by atoms with Gasteiger partial charge in [-0.1, -0.05) is 54.1 Å². The van der Waals surface area contributed by atoms with Gasteiger partial charge in [-0.15, -0.1) is 0 Å². The van der Waals surface area contributed by atoms with Gasteiger partial charge in [0.1, 0.15) is 5.82 Å². The van der Waals surface area contributed by atoms with Crippen LogP contribution < -0.4 is 10.6 Å². The second kappa shape index (κ2) is 10.4. The van der Waals surface area contributed by atoms with Crippen molar-refractivity contribution >= 4 is 55.8 Å². The van der Waals surface area contributed by atoms with Crippen LogP contribution in [0.2, 0.25) is 5.02 Å². The lowest BCUT2D eigenvalue weighted by molar-refractivity contribution is 0.0951. The second-order valence-electron chi connectivity index (χ2n) is 9.00. The molecule has 0 saturated heterocycles. The van der Waals surface area contributed by atoms with Crippen molar-refractivity contribution < 1.29 is 4.79 Å². The standard InChI is InChI=1S/C30H23BrClN5O/c31-24-12-14-37-28(16-27(36-29(24)37)23-3-1-2-4-25(23)32)34-17-19-5-7-20(8-6-19)18-35-30(38)22-9-10-26-21(15-22)11-13-33-26/h1-16,33-34H,17-18H2,(H,35,38). The topological polar surface area (TPSA) is 74.2 Å². The summed E-state index contributed by atoms with van der Waals surface area (Å²) >= 11 is 10.1. The third-order valence-electron chi connectivity index (χ3n) is 6.49. The maximum absolute atomic E-state index is 12.6. The van der Waals surface area contributed by atoms with Gasteiger partial charge in [-0.05, 0) is 63.5 Å². The normalized spacial score (nSPS) is 11.2. The van der Waals surface area contributed by atoms with Crippen LogP contribution in [0.15, 0.2) is 102 Å². The van der Waals surface area contributed by atoms with Crippen molar-refractivity contribution in [2.45, 2.75) is 13.1 Å². The summed E-state index contributed by atoms with van der Waals surface area (Å²) in [4.78, 5) is 20.6. The van der Waals surface area contributed by atoms with E-state index in [1.54, 1.807) is 0 Å². The molecular weight excluding hydrogens is 562 g/mol. The van der Waals surface area contributed by atoms with Crippen LogP contribution in [-0.2, 0) is 13.1 Å². The Labute approximate surface area is 232 Å². The third kappa shape index (κ3) is 4.90. The molecule has 0 aliphatic carbocycles. The van der Waals surface area contributed by atoms with Gasteiger partial charge in [0.2, 0.25) is 0 Å². The summed E-state index contributed by atoms with van der Waals surface area (Å²) < 4.78 is 2.92. The Hall–Kier alpha value is -4.07. The van der Waals surface area contributed by atoms with Crippen molar-refractivity contribution in [3.05, 3.63) is 124 Å². The van der Waals surface area contributed by atoms with Crippen molar-refractivity contribution in [1.29, 1.82) is 0 Å². The number of nitrogens with one attached hydrogen (secondary N) is 3. The van der Waals surface area contributed by atoms with Gasteiger partial charge in [0.25, 0.3) is 5.91 Å². The maximum Gasteiger partial charge on any atom is 0.251 e. The average molecular weight is 585 g/mol. The van der Waals surface area contributed by atoms with E-state index in [4.69, 9.17) is 16.6 Å². The summed E-state index contributed by atoms with van der Waals surface area (Å²) in [6.45, 7) is 1.08. The van der Waals surface area contributed by atoms with E-state index in [2.05, 4.69) is 43.7 Å². The number of hydrogen-bond acceptors (Lipinski definition) is 3. The molecule has 0 bridgehead atoms. The van der Waals surface area contributed by atoms with Crippen LogP contribution in [0.25, 0.3) is 27.8 Å². The zero-order valence-electron chi connectivity index (χ0n) is 20.2. The first-order chi connectivity index (χ1) is 18.5. The van der Waals surface area contributed by atoms with E-state index >= 15 is 0 Å². The Balaban J connectivity index is 1.14. The van der Waals surface area contributed by atoms with Gasteiger partial charge in [0.15, 0.2) is 5.65 Å². The highest BCUT2D eigenvalue weighted by Crippen LogP contribution is 2.31. The van der Waals surface area contributed by atoms with E-state index in [0.29, 0.717) is 23.7 Å². The lowest BCUT2D eigenvalue weighted by Crippen LogP contribution is -2.22. The van der Waals surface area contributed by atoms with E-state index < -0.39 is 0 Å². The number of nitrogens with zero attached hydrogens (tertiary/aromatic N) is 2. The average Bonchev–Trinajstić information content (AvgIpc) is 3.57. The number of halogens is 2. The van der Waals surface area contributed by atoms with E-state index in [1.165, 1.54) is 0 Å². The first-order valence-corrected chi connectivity index (χ1v) is 13.3. The molecule has 3 aromatic heterocycles. The van der Waals surface area contributed by atoms with Crippen molar-refractivity contribution in [3.63, 3.8) is 0 Å². The van der Waals surface area contributed by atoms with E-state index in [1.807, 2.05) is 89.6 Å². The quantitative estimate of drug-likeness (QED) is 0.183. The summed E-state index contributed by atoms with van der Waals surface area (Å²) in [5, 5.41) is 8.22. The van der Waals surface area contributed by atoms with Crippen molar-refractivity contribution in [2.24, 2.45) is 0 Å². The number of H-pyrrole nitrogens is 1. The molecule has 6 rings (SSSR count). The predicted octanol–water partition coefficient (Wildman–Crippen LogP) is 7.44. The van der Waals surface area contributed by atoms with Crippen molar-refractivity contribution in [2.75, 3.05) is 5.32 Å². The first-order valence-electron chi connectivity index (χ1n) is 12.1. The molecule has 3 aromatic carbocycles. The minimum atomic E-state index is -0.0900. The van der Waals surface area contributed by atoms with Gasteiger partial charge in [0.05, 0.1) is 10.2 Å². The van der Waals surface area contributed by atoms with Crippen molar-refractivity contribution in [1.82, 2.24) is 19.7 Å². The van der Waals surface area contributed by atoms with Crippen molar-refractivity contribution in [3.8, 4) is 11.3 Å². The van der Waals surface area contributed by atoms with Crippen LogP contribution in [0.3, 0.4) is 0 Å². The first kappa shape index (κ1) is 24.3. The molecule has 188 valence electrons. The summed E-state index contributed by atoms with van der Waals surface area (Å²) in [7, 11) is 0. The van der Waals surface area contributed by atoms with Gasteiger partial charge in [-0.3, -0.25) is 9.20 Å². The summed E-state index contributed by atoms with van der Waals surface area (Å²) in [6.07, 6.45) is 3.85. The third-order valence-corrected chi connectivity index (χ3v) is 7.43. The van der Waals surface area contributed by atoms with Crippen LogP contribution in [0.4, 0.5) is 5.82 Å². The molecule has 6 aromatic rings. The number of carbonyl (C=O) groups is 1. The van der Waals surface area contributed by atoms with Crippen LogP contribution in [-0.4, -0.2) is 20.3 Å². The Kier molecular flexibility index (Phi) is 6.62. The van der Waals surface area contributed by atoms with Gasteiger partial charge < -0.3 is 15.6 Å². The van der Waals surface area contributed by atoms with E-state index in [0.717, 1.165) is 49.2 Å². The second-order valence-corrected chi connectivity index (χ2v) is 10.3. The monoisotopic (exact) mass is 583 g/mol. The molecule has 0 aliphatic rings. The lowest BCUT2D eigenvalue weighted by Gasteiger charge is -2.13. The van der Waals surface area contributed by atoms with Gasteiger partial charge in [0, 0.05) is 58.6 Å². The molecule has 0 spiro atoms. The smallest absolute Gasteiger partial charge is 0.251 e. The Morgan fingerprint density at radius 3 is 2.55 bits per heavy atom. The summed E-state index contributed by atoms with van der Waals surface area (Å²) in [5.74, 6) is 0.819. The fraction of sp³-hybridized carbons (Fsp3) is 0.0667. The van der Waals surface area contributed by atoms with E-state index in [-0.39, 0.29) is 5.91 Å². The zero-order valence-corrected chi connectivity index (χ0v) is 22.6. The molecule has 38 heavy (non-hydrogen) atoms. The molecule has 1 amide bonds. The number of benzene rings is 3. The number of rotatable bonds is 7. The van der Waals surface area contributed by atoms with Crippen LogP contribution in [0, 0.1) is 0 Å². The minimum absolute atomic E-state index is 0.0900. The van der Waals surface area contributed by atoms with Crippen LogP contribution >= 0.6 is 27.5 Å². The van der Waals surface area contributed by atoms with E-state index in [9.17, 15) is 4.79 Å². The highest BCUT2D eigenvalue weighted by atomic mass is 79.9. The van der Waals surface area contributed by atoms with Crippen LogP contribution in [0.5, 0.6) is 0 Å². The summed E-state index contributed by atoms with van der Waals surface area (Å²) in [6, 6.07) is 27.5. The molecule has 0 aliphatic heterocycles. The van der Waals surface area contributed by atoms with Crippen LogP contribution in [0.1, 0.15) is 21.5 Å². The highest BCUT2D eigenvalue weighted by Gasteiger charge is 2.12. The molecule has 0 radical (unpaired) electrons. The van der Waals surface area contributed by atoms with Gasteiger partial charge >= 0.3 is 0 Å². The molecule has 0 atom stereocenters. The van der Waals surface area contributed by atoms with Gasteiger partial charge in [-0.2, -0.15) is 0 Å². The number of fused-ring (bicyclic) bond motifs is 2. The molecular formula is C30H23BrClN5O. The lowest BCUT2D eigenvalue weighted by atomic mass is 10.1. The number of amides is 1. The molecule has 3 N–H and O–H groups in total. The number of anilines is 1. The SMILES string of the molecule is O=C(NCc1ccc(CNc2cc(-c3ccccc3Cl)nc3c(Br)ccn23)cc1)c1ccc2[nH]ccc2c1. The number of aromatic nitrogens is 3. The molecule has 0 saturated carbocycles. The fourth-order valence-electron chi connectivity index (χ4n) is 4.44. The molecule has 6 nitrogen and oxygen atoms in total. The fourth-order valence-corrected chi connectivity index (χ4v) is 5.07. The largest absolute Gasteiger partial charge is 0.367 e. The highest BCUT2D eigenvalue weighted by molar-refractivity contribution is 9.10. The van der Waals surface area contributed by atoms with Gasteiger partial charge in [-0.25, -0.2) is 4.98 Å². The number of carbonyl (C=O) groups excluding carboxylic acids is 1. The Morgan fingerprint density at radius 1 is 0.947 bits per heavy atom. The molecule has 3 heterocycles. The molecule has 0 unspecified atom stereocenters. The number of aromatic amines is 1. The molecule has 0 fully saturated rings. The predicted molar refractivity (Wildman–Crippen MR) is 157 cm³/mol. The maximum atomic E-state index is 12.6.